The number of ether oxygens (including phenoxy) is 1. The number of carbonyl (C=O) groups excluding carboxylic acids is 1. The van der Waals surface area contributed by atoms with Crippen molar-refractivity contribution in [1.29, 1.82) is 0 Å². The molecule has 0 aromatic rings. The molecular weight excluding hydrogens is 252 g/mol. The minimum Gasteiger partial charge on any atom is -0.383 e. The molecule has 1 aliphatic carbocycles. The summed E-state index contributed by atoms with van der Waals surface area (Å²) in [5.41, 5.74) is 0. The molecule has 1 saturated carbocycles. The van der Waals surface area contributed by atoms with E-state index in [1.165, 1.54) is 12.8 Å². The van der Waals surface area contributed by atoms with Crippen LogP contribution in [0.4, 0.5) is 0 Å². The molecule has 0 spiro atoms. The number of nitrogens with zero attached hydrogens (tertiary/aromatic N) is 1. The molecule has 1 rings (SSSR count). The first-order valence-electron chi connectivity index (χ1n) is 6.75. The number of halogens is 1. The Labute approximate surface area is 117 Å². The average Bonchev–Trinajstić information content (AvgIpc) is 3.13. The lowest BCUT2D eigenvalue weighted by Gasteiger charge is -2.22. The SMILES string of the molecule is CCCCN(CCOC)C(=O)CNCC1CC1.Cl. The van der Waals surface area contributed by atoms with Gasteiger partial charge in [0.25, 0.3) is 0 Å². The number of nitrogens with one attached hydrogen (secondary N) is 1. The van der Waals surface area contributed by atoms with Crippen LogP contribution >= 0.6 is 12.4 Å². The number of unbranched alkanes of at least 4 members (excludes halogenated alkanes) is 1. The number of hydrogen-bond donors (Lipinski definition) is 1. The lowest BCUT2D eigenvalue weighted by molar-refractivity contribution is -0.131. The van der Waals surface area contributed by atoms with E-state index in [4.69, 9.17) is 4.74 Å². The number of amides is 1. The van der Waals surface area contributed by atoms with E-state index in [0.717, 1.165) is 31.8 Å². The third-order valence-corrected chi connectivity index (χ3v) is 3.11. The maximum atomic E-state index is 12.0. The molecule has 0 aromatic carbocycles. The van der Waals surface area contributed by atoms with Crippen molar-refractivity contribution in [2.45, 2.75) is 32.6 Å². The highest BCUT2D eigenvalue weighted by Gasteiger charge is 2.21. The summed E-state index contributed by atoms with van der Waals surface area (Å²) in [5, 5.41) is 3.25. The number of hydrogen-bond acceptors (Lipinski definition) is 3. The van der Waals surface area contributed by atoms with Gasteiger partial charge in [-0.25, -0.2) is 0 Å². The molecule has 4 nitrogen and oxygen atoms in total. The molecule has 0 heterocycles. The van der Waals surface area contributed by atoms with Gasteiger partial charge < -0.3 is 15.0 Å². The number of carbonyl (C=O) groups is 1. The first-order chi connectivity index (χ1) is 8.27. The fourth-order valence-electron chi connectivity index (χ4n) is 1.73. The third-order valence-electron chi connectivity index (χ3n) is 3.11. The van der Waals surface area contributed by atoms with Crippen molar-refractivity contribution >= 4 is 18.3 Å². The van der Waals surface area contributed by atoms with Crippen LogP contribution in [0.2, 0.25) is 0 Å². The molecule has 0 aliphatic heterocycles. The van der Waals surface area contributed by atoms with Crippen molar-refractivity contribution in [2.24, 2.45) is 5.92 Å². The first kappa shape index (κ1) is 17.7. The molecule has 0 atom stereocenters. The second-order valence-corrected chi connectivity index (χ2v) is 4.80. The maximum absolute atomic E-state index is 12.0. The molecule has 0 saturated heterocycles. The average molecular weight is 279 g/mol. The Bertz CT molecular complexity index is 215. The van der Waals surface area contributed by atoms with E-state index in [2.05, 4.69) is 12.2 Å². The standard InChI is InChI=1S/C13H26N2O2.ClH/c1-3-4-7-15(8-9-17-2)13(16)11-14-10-12-5-6-12;/h12,14H,3-11H2,1-2H3;1H. The van der Waals surface area contributed by atoms with Gasteiger partial charge in [0.2, 0.25) is 5.91 Å². The van der Waals surface area contributed by atoms with Crippen LogP contribution in [0.5, 0.6) is 0 Å². The van der Waals surface area contributed by atoms with Gasteiger partial charge in [-0.3, -0.25) is 4.79 Å². The fourth-order valence-corrected chi connectivity index (χ4v) is 1.73. The molecule has 1 N–H and O–H groups in total. The highest BCUT2D eigenvalue weighted by atomic mass is 35.5. The molecule has 0 unspecified atom stereocenters. The van der Waals surface area contributed by atoms with E-state index in [1.807, 2.05) is 4.90 Å². The number of rotatable bonds is 10. The molecular formula is C13H27ClN2O2. The summed E-state index contributed by atoms with van der Waals surface area (Å²) in [4.78, 5) is 13.9. The van der Waals surface area contributed by atoms with Crippen LogP contribution in [0.3, 0.4) is 0 Å². The third kappa shape index (κ3) is 7.90. The smallest absolute Gasteiger partial charge is 0.236 e. The maximum Gasteiger partial charge on any atom is 0.236 e. The van der Waals surface area contributed by atoms with Gasteiger partial charge in [-0.2, -0.15) is 0 Å². The van der Waals surface area contributed by atoms with Crippen LogP contribution < -0.4 is 5.32 Å². The lowest BCUT2D eigenvalue weighted by Crippen LogP contribution is -2.41. The Morgan fingerprint density at radius 2 is 2.11 bits per heavy atom. The largest absolute Gasteiger partial charge is 0.383 e. The summed E-state index contributed by atoms with van der Waals surface area (Å²) in [6.45, 7) is 5.80. The summed E-state index contributed by atoms with van der Waals surface area (Å²) in [7, 11) is 1.67. The zero-order chi connectivity index (χ0) is 12.5. The van der Waals surface area contributed by atoms with E-state index in [0.29, 0.717) is 19.7 Å². The van der Waals surface area contributed by atoms with Gasteiger partial charge in [0.05, 0.1) is 13.2 Å². The molecule has 0 bridgehead atoms. The zero-order valence-corrected chi connectivity index (χ0v) is 12.4. The zero-order valence-electron chi connectivity index (χ0n) is 11.6. The summed E-state index contributed by atoms with van der Waals surface area (Å²) >= 11 is 0. The van der Waals surface area contributed by atoms with Crippen LogP contribution in [-0.2, 0) is 9.53 Å². The Morgan fingerprint density at radius 3 is 2.67 bits per heavy atom. The van der Waals surface area contributed by atoms with Gasteiger partial charge in [0, 0.05) is 20.2 Å². The molecule has 1 amide bonds. The Balaban J connectivity index is 0.00000289. The van der Waals surface area contributed by atoms with Gasteiger partial charge in [-0.15, -0.1) is 12.4 Å². The van der Waals surface area contributed by atoms with Crippen molar-refractivity contribution in [3.63, 3.8) is 0 Å². The first-order valence-corrected chi connectivity index (χ1v) is 6.75. The molecule has 1 fully saturated rings. The second-order valence-electron chi connectivity index (χ2n) is 4.80. The van der Waals surface area contributed by atoms with Crippen molar-refractivity contribution in [3.8, 4) is 0 Å². The highest BCUT2D eigenvalue weighted by Crippen LogP contribution is 2.27. The van der Waals surface area contributed by atoms with E-state index < -0.39 is 0 Å². The minimum atomic E-state index is 0. The molecule has 18 heavy (non-hydrogen) atoms. The monoisotopic (exact) mass is 278 g/mol. The van der Waals surface area contributed by atoms with E-state index in [-0.39, 0.29) is 18.3 Å². The Hall–Kier alpha value is -0.320. The Kier molecular flexibility index (Phi) is 10.4. The van der Waals surface area contributed by atoms with Crippen LogP contribution in [0.1, 0.15) is 32.6 Å². The molecule has 0 aromatic heterocycles. The summed E-state index contributed by atoms with van der Waals surface area (Å²) in [5.74, 6) is 1.03. The second kappa shape index (κ2) is 10.6. The van der Waals surface area contributed by atoms with Crippen molar-refractivity contribution in [2.75, 3.05) is 39.9 Å². The van der Waals surface area contributed by atoms with E-state index >= 15 is 0 Å². The molecule has 108 valence electrons. The van der Waals surface area contributed by atoms with E-state index in [1.54, 1.807) is 7.11 Å². The van der Waals surface area contributed by atoms with Gasteiger partial charge in [-0.05, 0) is 31.7 Å². The predicted octanol–water partition coefficient (Wildman–Crippen LogP) is 1.68. The highest BCUT2D eigenvalue weighted by molar-refractivity contribution is 5.85. The van der Waals surface area contributed by atoms with Gasteiger partial charge in [0.1, 0.15) is 0 Å². The fraction of sp³-hybridized carbons (Fsp3) is 0.923. The predicted molar refractivity (Wildman–Crippen MR) is 76.2 cm³/mol. The molecule has 5 heteroatoms. The normalized spacial score (nSPS) is 14.1. The van der Waals surface area contributed by atoms with Crippen LogP contribution in [0.25, 0.3) is 0 Å². The quantitative estimate of drug-likeness (QED) is 0.661. The van der Waals surface area contributed by atoms with Crippen molar-refractivity contribution in [1.82, 2.24) is 10.2 Å². The minimum absolute atomic E-state index is 0. The van der Waals surface area contributed by atoms with Crippen LogP contribution in [0.15, 0.2) is 0 Å². The van der Waals surface area contributed by atoms with Crippen LogP contribution in [-0.4, -0.2) is 50.7 Å². The molecule has 1 aliphatic rings. The van der Waals surface area contributed by atoms with Crippen molar-refractivity contribution in [3.05, 3.63) is 0 Å². The summed E-state index contributed by atoms with van der Waals surface area (Å²) in [6, 6.07) is 0. The lowest BCUT2D eigenvalue weighted by atomic mass is 10.3. The van der Waals surface area contributed by atoms with Crippen LogP contribution in [0, 0.1) is 5.92 Å². The summed E-state index contributed by atoms with van der Waals surface area (Å²) < 4.78 is 5.04. The van der Waals surface area contributed by atoms with Gasteiger partial charge >= 0.3 is 0 Å². The summed E-state index contributed by atoms with van der Waals surface area (Å²) in [6.07, 6.45) is 4.83. The topological polar surface area (TPSA) is 41.6 Å². The van der Waals surface area contributed by atoms with Gasteiger partial charge in [-0.1, -0.05) is 13.3 Å². The van der Waals surface area contributed by atoms with Crippen molar-refractivity contribution < 1.29 is 9.53 Å². The van der Waals surface area contributed by atoms with Gasteiger partial charge in [0.15, 0.2) is 0 Å². The Morgan fingerprint density at radius 1 is 1.39 bits per heavy atom. The van der Waals surface area contributed by atoms with E-state index in [9.17, 15) is 4.79 Å². The number of methoxy groups -OCH3 is 1. The molecule has 0 radical (unpaired) electrons.